The van der Waals surface area contributed by atoms with Crippen LogP contribution in [0.25, 0.3) is 0 Å². The number of carbonyl (C=O) groups is 2. The van der Waals surface area contributed by atoms with E-state index >= 15 is 0 Å². The van der Waals surface area contributed by atoms with E-state index in [9.17, 15) is 9.59 Å². The van der Waals surface area contributed by atoms with E-state index in [1.807, 2.05) is 30.3 Å². The van der Waals surface area contributed by atoms with E-state index in [0.717, 1.165) is 24.1 Å². The van der Waals surface area contributed by atoms with Gasteiger partial charge in [0.1, 0.15) is 0 Å². The Balaban J connectivity index is 2.05. The molecule has 2 rings (SSSR count). The lowest BCUT2D eigenvalue weighted by Crippen LogP contribution is -2.29. The third kappa shape index (κ3) is 5.41. The summed E-state index contributed by atoms with van der Waals surface area (Å²) in [5.41, 5.74) is 2.34. The monoisotopic (exact) mass is 339 g/mol. The Morgan fingerprint density at radius 3 is 2.40 bits per heavy atom. The van der Waals surface area contributed by atoms with Gasteiger partial charge in [-0.3, -0.25) is 14.6 Å². The number of amides is 2. The topological polar surface area (TPSA) is 62.3 Å². The van der Waals surface area contributed by atoms with E-state index in [0.29, 0.717) is 12.0 Å². The largest absolute Gasteiger partial charge is 0.349 e. The van der Waals surface area contributed by atoms with Crippen LogP contribution >= 0.6 is 0 Å². The average molecular weight is 339 g/mol. The Hall–Kier alpha value is -2.69. The van der Waals surface area contributed by atoms with Crippen molar-refractivity contribution in [3.05, 3.63) is 65.5 Å². The van der Waals surface area contributed by atoms with Crippen molar-refractivity contribution in [1.29, 1.82) is 0 Å². The van der Waals surface area contributed by atoms with Gasteiger partial charge in [0.25, 0.3) is 5.91 Å². The molecular formula is C20H25N3O2. The first-order valence-corrected chi connectivity index (χ1v) is 8.52. The second kappa shape index (κ2) is 8.97. The Labute approximate surface area is 149 Å². The average Bonchev–Trinajstić information content (AvgIpc) is 2.62. The van der Waals surface area contributed by atoms with Crippen molar-refractivity contribution in [1.82, 2.24) is 15.2 Å². The van der Waals surface area contributed by atoms with Gasteiger partial charge in [-0.05, 0) is 36.2 Å². The summed E-state index contributed by atoms with van der Waals surface area (Å²) in [5.74, 6) is -0.0926. The van der Waals surface area contributed by atoms with Crippen molar-refractivity contribution in [3.63, 3.8) is 0 Å². The van der Waals surface area contributed by atoms with Crippen molar-refractivity contribution in [2.75, 3.05) is 14.1 Å². The fourth-order valence-electron chi connectivity index (χ4n) is 2.51. The smallest absolute Gasteiger partial charge is 0.251 e. The first kappa shape index (κ1) is 18.6. The predicted octanol–water partition coefficient (Wildman–Crippen LogP) is 2.98. The molecule has 1 aromatic carbocycles. The molecule has 0 aliphatic rings. The summed E-state index contributed by atoms with van der Waals surface area (Å²) in [7, 11) is 3.46. The summed E-state index contributed by atoms with van der Waals surface area (Å²) in [4.78, 5) is 30.2. The quantitative estimate of drug-likeness (QED) is 0.843. The van der Waals surface area contributed by atoms with Gasteiger partial charge in [0, 0.05) is 25.9 Å². The molecule has 5 heteroatoms. The second-order valence-corrected chi connectivity index (χ2v) is 6.23. The van der Waals surface area contributed by atoms with E-state index in [-0.39, 0.29) is 17.9 Å². The van der Waals surface area contributed by atoms with Gasteiger partial charge in [0.05, 0.1) is 18.2 Å². The number of rotatable bonds is 7. The number of nitrogens with zero attached hydrogens (tertiary/aromatic N) is 2. The number of carbonyl (C=O) groups excluding carboxylic acids is 2. The van der Waals surface area contributed by atoms with E-state index < -0.39 is 0 Å². The predicted molar refractivity (Wildman–Crippen MR) is 98.2 cm³/mol. The van der Waals surface area contributed by atoms with Gasteiger partial charge in [0.15, 0.2) is 0 Å². The minimum absolute atomic E-state index is 0.0374. The van der Waals surface area contributed by atoms with Crippen molar-refractivity contribution < 1.29 is 9.59 Å². The van der Waals surface area contributed by atoms with Gasteiger partial charge >= 0.3 is 0 Å². The lowest BCUT2D eigenvalue weighted by molar-refractivity contribution is -0.127. The van der Waals surface area contributed by atoms with Crippen LogP contribution in [-0.4, -0.2) is 35.8 Å². The van der Waals surface area contributed by atoms with Gasteiger partial charge in [-0.2, -0.15) is 0 Å². The number of pyridine rings is 1. The number of benzene rings is 1. The van der Waals surface area contributed by atoms with Crippen molar-refractivity contribution in [2.45, 2.75) is 32.2 Å². The molecule has 1 atom stereocenters. The molecule has 0 aliphatic carbocycles. The second-order valence-electron chi connectivity index (χ2n) is 6.23. The van der Waals surface area contributed by atoms with Crippen molar-refractivity contribution in [2.24, 2.45) is 0 Å². The maximum Gasteiger partial charge on any atom is 0.251 e. The third-order valence-corrected chi connectivity index (χ3v) is 4.00. The molecule has 2 amide bonds. The molecule has 25 heavy (non-hydrogen) atoms. The van der Waals surface area contributed by atoms with Gasteiger partial charge in [0.2, 0.25) is 5.91 Å². The molecule has 1 heterocycles. The van der Waals surface area contributed by atoms with Crippen molar-refractivity contribution >= 4 is 11.8 Å². The molecule has 1 unspecified atom stereocenters. The van der Waals surface area contributed by atoms with Gasteiger partial charge in [-0.25, -0.2) is 0 Å². The Morgan fingerprint density at radius 2 is 1.84 bits per heavy atom. The fraction of sp³-hybridized carbons (Fsp3) is 0.350. The number of aromatic nitrogens is 1. The Bertz CT molecular complexity index is 697. The van der Waals surface area contributed by atoms with Crippen LogP contribution in [0, 0.1) is 0 Å². The SMILES string of the molecule is CCCC(NC(=O)c1ccc(CC(=O)N(C)C)cc1)c1ccccn1. The highest BCUT2D eigenvalue weighted by atomic mass is 16.2. The molecule has 132 valence electrons. The zero-order chi connectivity index (χ0) is 18.2. The zero-order valence-electron chi connectivity index (χ0n) is 15.0. The lowest BCUT2D eigenvalue weighted by atomic mass is 10.1. The number of hydrogen-bond donors (Lipinski definition) is 1. The molecule has 0 saturated carbocycles. The summed E-state index contributed by atoms with van der Waals surface area (Å²) in [6.07, 6.45) is 3.85. The summed E-state index contributed by atoms with van der Waals surface area (Å²) in [6.45, 7) is 2.08. The first-order valence-electron chi connectivity index (χ1n) is 8.52. The maximum absolute atomic E-state index is 12.5. The molecule has 1 aromatic heterocycles. The summed E-state index contributed by atoms with van der Waals surface area (Å²) in [5, 5.41) is 3.05. The summed E-state index contributed by atoms with van der Waals surface area (Å²) in [6, 6.07) is 12.8. The van der Waals surface area contributed by atoms with E-state index in [2.05, 4.69) is 17.2 Å². The van der Waals surface area contributed by atoms with Crippen LogP contribution in [0.1, 0.15) is 47.4 Å². The normalized spacial score (nSPS) is 11.6. The Morgan fingerprint density at radius 1 is 1.12 bits per heavy atom. The molecule has 2 aromatic rings. The van der Waals surface area contributed by atoms with Gasteiger partial charge in [-0.15, -0.1) is 0 Å². The molecular weight excluding hydrogens is 314 g/mol. The van der Waals surface area contributed by atoms with E-state index in [4.69, 9.17) is 0 Å². The Kier molecular flexibility index (Phi) is 6.69. The van der Waals surface area contributed by atoms with Crippen LogP contribution in [0.3, 0.4) is 0 Å². The molecule has 0 radical (unpaired) electrons. The van der Waals surface area contributed by atoms with Crippen LogP contribution in [0.2, 0.25) is 0 Å². The molecule has 5 nitrogen and oxygen atoms in total. The lowest BCUT2D eigenvalue weighted by Gasteiger charge is -2.18. The highest BCUT2D eigenvalue weighted by Gasteiger charge is 2.16. The number of hydrogen-bond acceptors (Lipinski definition) is 3. The fourth-order valence-corrected chi connectivity index (χ4v) is 2.51. The van der Waals surface area contributed by atoms with E-state index in [1.54, 1.807) is 37.3 Å². The zero-order valence-corrected chi connectivity index (χ0v) is 15.0. The highest BCUT2D eigenvalue weighted by Crippen LogP contribution is 2.17. The minimum atomic E-state index is -0.130. The van der Waals surface area contributed by atoms with Gasteiger partial charge in [-0.1, -0.05) is 31.5 Å². The highest BCUT2D eigenvalue weighted by molar-refractivity contribution is 5.94. The summed E-state index contributed by atoms with van der Waals surface area (Å²) >= 11 is 0. The van der Waals surface area contributed by atoms with Gasteiger partial charge < -0.3 is 10.2 Å². The molecule has 1 N–H and O–H groups in total. The molecule has 0 bridgehead atoms. The maximum atomic E-state index is 12.5. The van der Waals surface area contributed by atoms with Crippen LogP contribution in [0.15, 0.2) is 48.7 Å². The van der Waals surface area contributed by atoms with E-state index in [1.165, 1.54) is 0 Å². The van der Waals surface area contributed by atoms with Crippen LogP contribution in [-0.2, 0) is 11.2 Å². The number of nitrogens with one attached hydrogen (secondary N) is 1. The molecule has 0 saturated heterocycles. The molecule has 0 fully saturated rings. The van der Waals surface area contributed by atoms with Crippen LogP contribution in [0.5, 0.6) is 0 Å². The minimum Gasteiger partial charge on any atom is -0.349 e. The van der Waals surface area contributed by atoms with Crippen LogP contribution < -0.4 is 5.32 Å². The molecule has 0 aliphatic heterocycles. The van der Waals surface area contributed by atoms with Crippen LogP contribution in [0.4, 0.5) is 0 Å². The summed E-state index contributed by atoms with van der Waals surface area (Å²) < 4.78 is 0. The standard InChI is InChI=1S/C20H25N3O2/c1-4-7-18(17-8-5-6-13-21-17)22-20(25)16-11-9-15(10-12-16)14-19(24)23(2)3/h5-6,8-13,18H,4,7,14H2,1-3H3,(H,22,25). The third-order valence-electron chi connectivity index (χ3n) is 4.00. The molecule has 0 spiro atoms. The number of likely N-dealkylation sites (N-methyl/N-ethyl adjacent to an activating group) is 1. The van der Waals surface area contributed by atoms with Crippen molar-refractivity contribution in [3.8, 4) is 0 Å². The first-order chi connectivity index (χ1) is 12.0.